The third-order valence-corrected chi connectivity index (χ3v) is 5.99. The summed E-state index contributed by atoms with van der Waals surface area (Å²) in [6, 6.07) is 12.1. The minimum absolute atomic E-state index is 0.0602. The maximum atomic E-state index is 12.5. The number of carbonyl (C=O) groups is 1. The van der Waals surface area contributed by atoms with E-state index in [1.807, 2.05) is 19.1 Å². The minimum Gasteiger partial charge on any atom is -0.457 e. The lowest BCUT2D eigenvalue weighted by molar-refractivity contribution is 0.0480. The van der Waals surface area contributed by atoms with Crippen LogP contribution in [-0.4, -0.2) is 5.97 Å². The minimum atomic E-state index is -0.550. The van der Waals surface area contributed by atoms with E-state index in [0.29, 0.717) is 26.1 Å². The van der Waals surface area contributed by atoms with E-state index >= 15 is 0 Å². The van der Waals surface area contributed by atoms with Crippen molar-refractivity contribution in [2.45, 2.75) is 13.5 Å². The van der Waals surface area contributed by atoms with E-state index in [1.54, 1.807) is 24.3 Å². The third kappa shape index (κ3) is 3.46. The topological polar surface area (TPSA) is 56.5 Å². The molecule has 0 saturated heterocycles. The first-order valence-corrected chi connectivity index (χ1v) is 9.57. The van der Waals surface area contributed by atoms with Gasteiger partial charge < -0.3 is 9.15 Å². The summed E-state index contributed by atoms with van der Waals surface area (Å²) in [6.45, 7) is 1.84. The number of esters is 1. The number of ether oxygens (including phenoxy) is 1. The molecule has 0 radical (unpaired) electrons. The molecule has 2 heterocycles. The highest BCUT2D eigenvalue weighted by molar-refractivity contribution is 7.21. The second kappa shape index (κ2) is 7.00. The summed E-state index contributed by atoms with van der Waals surface area (Å²) in [4.78, 5) is 24.6. The van der Waals surface area contributed by atoms with Crippen LogP contribution >= 0.6 is 34.5 Å². The van der Waals surface area contributed by atoms with Gasteiger partial charge in [0.1, 0.15) is 17.1 Å². The van der Waals surface area contributed by atoms with Crippen molar-refractivity contribution in [3.05, 3.63) is 78.9 Å². The van der Waals surface area contributed by atoms with Crippen molar-refractivity contribution in [3.8, 4) is 0 Å². The lowest BCUT2D eigenvalue weighted by atomic mass is 10.1. The van der Waals surface area contributed by atoms with Gasteiger partial charge in [0, 0.05) is 32.1 Å². The number of halogens is 2. The zero-order chi connectivity index (χ0) is 19.1. The summed E-state index contributed by atoms with van der Waals surface area (Å²) < 4.78 is 11.4. The van der Waals surface area contributed by atoms with Crippen molar-refractivity contribution in [3.63, 3.8) is 0 Å². The standard InChI is InChI=1S/C20H12Cl2O4S/c1-10-2-4-13-11(7-17(23)26-15(13)6-10)9-25-20(24)19-18(22)14-5-3-12(21)8-16(14)27-19/h2-8H,9H2,1H3. The zero-order valence-electron chi connectivity index (χ0n) is 14.0. The number of aryl methyl sites for hydroxylation is 1. The van der Waals surface area contributed by atoms with Gasteiger partial charge in [0.05, 0.1) is 5.02 Å². The van der Waals surface area contributed by atoms with Crippen molar-refractivity contribution in [2.24, 2.45) is 0 Å². The molecule has 0 atom stereocenters. The zero-order valence-corrected chi connectivity index (χ0v) is 16.4. The maximum Gasteiger partial charge on any atom is 0.350 e. The Kier molecular flexibility index (Phi) is 4.68. The molecule has 0 saturated carbocycles. The molecule has 136 valence electrons. The van der Waals surface area contributed by atoms with Crippen LogP contribution in [0, 0.1) is 6.92 Å². The van der Waals surface area contributed by atoms with E-state index in [0.717, 1.165) is 21.0 Å². The van der Waals surface area contributed by atoms with Crippen LogP contribution in [-0.2, 0) is 11.3 Å². The molecule has 0 spiro atoms. The van der Waals surface area contributed by atoms with Gasteiger partial charge in [-0.3, -0.25) is 0 Å². The fraction of sp³-hybridized carbons (Fsp3) is 0.100. The van der Waals surface area contributed by atoms with E-state index in [4.69, 9.17) is 32.4 Å². The molecule has 0 unspecified atom stereocenters. The van der Waals surface area contributed by atoms with Gasteiger partial charge in [-0.05, 0) is 30.7 Å². The number of hydrogen-bond acceptors (Lipinski definition) is 5. The highest BCUT2D eigenvalue weighted by Crippen LogP contribution is 2.37. The maximum absolute atomic E-state index is 12.5. The second-order valence-electron chi connectivity index (χ2n) is 6.05. The van der Waals surface area contributed by atoms with Crippen molar-refractivity contribution >= 4 is 61.6 Å². The molecule has 2 aromatic carbocycles. The molecule has 2 aromatic heterocycles. The van der Waals surface area contributed by atoms with Gasteiger partial charge >= 0.3 is 11.6 Å². The largest absolute Gasteiger partial charge is 0.457 e. The smallest absolute Gasteiger partial charge is 0.350 e. The first-order valence-electron chi connectivity index (χ1n) is 8.00. The third-order valence-electron chi connectivity index (χ3n) is 4.12. The highest BCUT2D eigenvalue weighted by atomic mass is 35.5. The number of benzene rings is 2. The van der Waals surface area contributed by atoms with Gasteiger partial charge in [-0.2, -0.15) is 0 Å². The average molecular weight is 419 g/mol. The molecule has 27 heavy (non-hydrogen) atoms. The quantitative estimate of drug-likeness (QED) is 0.303. The summed E-state index contributed by atoms with van der Waals surface area (Å²) in [7, 11) is 0. The second-order valence-corrected chi connectivity index (χ2v) is 7.92. The van der Waals surface area contributed by atoms with Gasteiger partial charge in [-0.15, -0.1) is 11.3 Å². The van der Waals surface area contributed by atoms with Gasteiger partial charge in [0.2, 0.25) is 0 Å². The Morgan fingerprint density at radius 3 is 2.70 bits per heavy atom. The molecular weight excluding hydrogens is 407 g/mol. The normalized spacial score (nSPS) is 11.2. The fourth-order valence-corrected chi connectivity index (χ4v) is 4.51. The molecular formula is C20H12Cl2O4S. The number of carbonyl (C=O) groups excluding carboxylic acids is 1. The van der Waals surface area contributed by atoms with Crippen LogP contribution < -0.4 is 5.63 Å². The summed E-state index contributed by atoms with van der Waals surface area (Å²) >= 11 is 13.5. The molecule has 0 amide bonds. The predicted octanol–water partition coefficient (Wildman–Crippen LogP) is 5.98. The van der Waals surface area contributed by atoms with E-state index in [1.165, 1.54) is 17.4 Å². The average Bonchev–Trinajstić information content (AvgIpc) is 2.94. The van der Waals surface area contributed by atoms with Crippen LogP contribution in [0.1, 0.15) is 20.8 Å². The van der Waals surface area contributed by atoms with E-state index in [2.05, 4.69) is 0 Å². The van der Waals surface area contributed by atoms with Gasteiger partial charge in [0.25, 0.3) is 0 Å². The fourth-order valence-electron chi connectivity index (χ4n) is 2.84. The Bertz CT molecular complexity index is 1260. The Labute approximate surface area is 167 Å². The lowest BCUT2D eigenvalue weighted by Gasteiger charge is -2.07. The van der Waals surface area contributed by atoms with Crippen molar-refractivity contribution in [1.29, 1.82) is 0 Å². The molecule has 0 aliphatic rings. The van der Waals surface area contributed by atoms with E-state index < -0.39 is 11.6 Å². The molecule has 4 nitrogen and oxygen atoms in total. The number of fused-ring (bicyclic) bond motifs is 2. The summed E-state index contributed by atoms with van der Waals surface area (Å²) in [5.74, 6) is -0.550. The van der Waals surface area contributed by atoms with Crippen LogP contribution in [0.3, 0.4) is 0 Å². The van der Waals surface area contributed by atoms with Crippen LogP contribution in [0.5, 0.6) is 0 Å². The predicted molar refractivity (Wildman–Crippen MR) is 108 cm³/mol. The van der Waals surface area contributed by atoms with Crippen molar-refractivity contribution < 1.29 is 13.9 Å². The molecule has 0 bridgehead atoms. The molecule has 0 N–H and O–H groups in total. The molecule has 7 heteroatoms. The van der Waals surface area contributed by atoms with Crippen LogP contribution in [0.2, 0.25) is 10.0 Å². The van der Waals surface area contributed by atoms with E-state index in [-0.39, 0.29) is 6.61 Å². The monoisotopic (exact) mass is 418 g/mol. The van der Waals surface area contributed by atoms with Crippen LogP contribution in [0.25, 0.3) is 21.1 Å². The molecule has 0 fully saturated rings. The lowest BCUT2D eigenvalue weighted by Crippen LogP contribution is -2.07. The molecule has 4 rings (SSSR count). The van der Waals surface area contributed by atoms with Gasteiger partial charge in [0.15, 0.2) is 0 Å². The Hall–Kier alpha value is -2.34. The SMILES string of the molecule is Cc1ccc2c(COC(=O)c3sc4cc(Cl)ccc4c3Cl)cc(=O)oc2c1. The van der Waals surface area contributed by atoms with Gasteiger partial charge in [-0.25, -0.2) is 9.59 Å². The Morgan fingerprint density at radius 1 is 1.11 bits per heavy atom. The number of rotatable bonds is 3. The van der Waals surface area contributed by atoms with E-state index in [9.17, 15) is 9.59 Å². The van der Waals surface area contributed by atoms with Crippen molar-refractivity contribution in [2.75, 3.05) is 0 Å². The number of thiophene rings is 1. The van der Waals surface area contributed by atoms with Crippen molar-refractivity contribution in [1.82, 2.24) is 0 Å². The molecule has 0 aliphatic carbocycles. The van der Waals surface area contributed by atoms with Crippen LogP contribution in [0.15, 0.2) is 51.7 Å². The summed E-state index contributed by atoms with van der Waals surface area (Å²) in [5.41, 5.74) is 1.52. The van der Waals surface area contributed by atoms with Gasteiger partial charge in [-0.1, -0.05) is 41.4 Å². The Balaban J connectivity index is 1.64. The highest BCUT2D eigenvalue weighted by Gasteiger charge is 2.19. The van der Waals surface area contributed by atoms with Crippen LogP contribution in [0.4, 0.5) is 0 Å². The molecule has 4 aromatic rings. The summed E-state index contributed by atoms with van der Waals surface area (Å²) in [6.07, 6.45) is 0. The molecule has 0 aliphatic heterocycles. The summed E-state index contributed by atoms with van der Waals surface area (Å²) in [5, 5.41) is 2.38. The Morgan fingerprint density at radius 2 is 1.89 bits per heavy atom. The first-order chi connectivity index (χ1) is 12.9. The number of hydrogen-bond donors (Lipinski definition) is 0. The first kappa shape index (κ1) is 18.0.